The van der Waals surface area contributed by atoms with Crippen LogP contribution in [0.3, 0.4) is 0 Å². The second-order valence-corrected chi connectivity index (χ2v) is 5.30. The van der Waals surface area contributed by atoms with Crippen molar-refractivity contribution in [2.45, 2.75) is 0 Å². The van der Waals surface area contributed by atoms with Crippen molar-refractivity contribution in [2.24, 2.45) is 0 Å². The molecular formula is C18H13N5O. The molecule has 4 aromatic rings. The summed E-state index contributed by atoms with van der Waals surface area (Å²) in [5.41, 5.74) is 10.2. The van der Waals surface area contributed by atoms with Gasteiger partial charge in [-0.1, -0.05) is 30.3 Å². The monoisotopic (exact) mass is 315 g/mol. The molecule has 3 N–H and O–H groups in total. The van der Waals surface area contributed by atoms with Gasteiger partial charge in [0.15, 0.2) is 0 Å². The third-order valence-electron chi connectivity index (χ3n) is 3.69. The highest BCUT2D eigenvalue weighted by atomic mass is 16.1. The average molecular weight is 315 g/mol. The first-order valence-electron chi connectivity index (χ1n) is 7.39. The molecule has 4 rings (SSSR count). The summed E-state index contributed by atoms with van der Waals surface area (Å²) in [6.45, 7) is 0. The van der Waals surface area contributed by atoms with Gasteiger partial charge in [0.05, 0.1) is 11.2 Å². The minimum atomic E-state index is -0.152. The number of H-pyrrole nitrogens is 1. The van der Waals surface area contributed by atoms with Crippen molar-refractivity contribution in [3.63, 3.8) is 0 Å². The Morgan fingerprint density at radius 2 is 1.67 bits per heavy atom. The van der Waals surface area contributed by atoms with Gasteiger partial charge in [-0.15, -0.1) is 0 Å². The standard InChI is InChI=1S/C18H13N5O/c19-18-22-14-8-7-13(12-6-9-15(24)20-10-12)21-17(14)16(23-18)11-4-2-1-3-5-11/h1-10H,(H,20,24)(H2,19,22,23). The van der Waals surface area contributed by atoms with Gasteiger partial charge in [-0.3, -0.25) is 4.79 Å². The number of nitrogen functional groups attached to an aromatic ring is 1. The van der Waals surface area contributed by atoms with E-state index in [0.717, 1.165) is 16.8 Å². The summed E-state index contributed by atoms with van der Waals surface area (Å²) in [6, 6.07) is 16.6. The Morgan fingerprint density at radius 1 is 0.833 bits per heavy atom. The lowest BCUT2D eigenvalue weighted by Gasteiger charge is -2.08. The number of benzene rings is 1. The molecule has 24 heavy (non-hydrogen) atoms. The van der Waals surface area contributed by atoms with Crippen LogP contribution in [0, 0.1) is 0 Å². The molecule has 0 aliphatic heterocycles. The molecule has 0 spiro atoms. The average Bonchev–Trinajstić information content (AvgIpc) is 2.62. The van der Waals surface area contributed by atoms with Gasteiger partial charge in [-0.2, -0.15) is 0 Å². The fraction of sp³-hybridized carbons (Fsp3) is 0. The summed E-state index contributed by atoms with van der Waals surface area (Å²) in [7, 11) is 0. The van der Waals surface area contributed by atoms with Crippen LogP contribution < -0.4 is 11.3 Å². The van der Waals surface area contributed by atoms with E-state index >= 15 is 0 Å². The Bertz CT molecular complexity index is 1070. The minimum Gasteiger partial charge on any atom is -0.368 e. The molecule has 1 aromatic carbocycles. The maximum atomic E-state index is 11.2. The van der Waals surface area contributed by atoms with Crippen molar-refractivity contribution in [2.75, 3.05) is 5.73 Å². The summed E-state index contributed by atoms with van der Waals surface area (Å²) in [5, 5.41) is 0. The van der Waals surface area contributed by atoms with E-state index < -0.39 is 0 Å². The Morgan fingerprint density at radius 3 is 2.42 bits per heavy atom. The molecule has 0 atom stereocenters. The molecule has 0 saturated carbocycles. The third kappa shape index (κ3) is 2.50. The summed E-state index contributed by atoms with van der Waals surface area (Å²) >= 11 is 0. The van der Waals surface area contributed by atoms with Crippen LogP contribution in [0.25, 0.3) is 33.5 Å². The lowest BCUT2D eigenvalue weighted by molar-refractivity contribution is 1.20. The minimum absolute atomic E-state index is 0.152. The van der Waals surface area contributed by atoms with Gasteiger partial charge >= 0.3 is 0 Å². The lowest BCUT2D eigenvalue weighted by atomic mass is 10.1. The van der Waals surface area contributed by atoms with Crippen molar-refractivity contribution in [3.05, 3.63) is 71.1 Å². The zero-order chi connectivity index (χ0) is 16.5. The van der Waals surface area contributed by atoms with Crippen LogP contribution in [0.1, 0.15) is 0 Å². The van der Waals surface area contributed by atoms with Crippen molar-refractivity contribution in [3.8, 4) is 22.5 Å². The van der Waals surface area contributed by atoms with Gasteiger partial charge in [0, 0.05) is 23.4 Å². The first kappa shape index (κ1) is 14.1. The SMILES string of the molecule is Nc1nc(-c2ccccc2)c2nc(-c3ccc(=O)[nH]c3)ccc2n1. The molecule has 3 aromatic heterocycles. The number of aromatic amines is 1. The number of aromatic nitrogens is 4. The summed E-state index contributed by atoms with van der Waals surface area (Å²) in [5.74, 6) is 0.208. The maximum absolute atomic E-state index is 11.2. The summed E-state index contributed by atoms with van der Waals surface area (Å²) in [4.78, 5) is 27.2. The fourth-order valence-corrected chi connectivity index (χ4v) is 2.56. The number of hydrogen-bond acceptors (Lipinski definition) is 5. The molecule has 0 radical (unpaired) electrons. The molecule has 0 saturated heterocycles. The largest absolute Gasteiger partial charge is 0.368 e. The number of nitrogens with one attached hydrogen (secondary N) is 1. The molecule has 0 unspecified atom stereocenters. The molecule has 3 heterocycles. The topological polar surface area (TPSA) is 97.5 Å². The molecule has 6 nitrogen and oxygen atoms in total. The quantitative estimate of drug-likeness (QED) is 0.592. The van der Waals surface area contributed by atoms with Crippen LogP contribution >= 0.6 is 0 Å². The van der Waals surface area contributed by atoms with Crippen LogP contribution in [0.15, 0.2) is 65.6 Å². The van der Waals surface area contributed by atoms with E-state index in [1.807, 2.05) is 42.5 Å². The van der Waals surface area contributed by atoms with Gasteiger partial charge in [0.1, 0.15) is 11.2 Å². The summed E-state index contributed by atoms with van der Waals surface area (Å²) < 4.78 is 0. The van der Waals surface area contributed by atoms with Gasteiger partial charge < -0.3 is 10.7 Å². The van der Waals surface area contributed by atoms with Crippen LogP contribution in [0.5, 0.6) is 0 Å². The van der Waals surface area contributed by atoms with E-state index in [2.05, 4.69) is 19.9 Å². The van der Waals surface area contributed by atoms with Crippen molar-refractivity contribution in [1.29, 1.82) is 0 Å². The van der Waals surface area contributed by atoms with E-state index in [1.54, 1.807) is 12.3 Å². The predicted molar refractivity (Wildman–Crippen MR) is 93.2 cm³/mol. The van der Waals surface area contributed by atoms with Crippen LogP contribution in [0.4, 0.5) is 5.95 Å². The van der Waals surface area contributed by atoms with Crippen LogP contribution in [0.2, 0.25) is 0 Å². The number of hydrogen-bond donors (Lipinski definition) is 2. The number of rotatable bonds is 2. The van der Waals surface area contributed by atoms with Crippen molar-refractivity contribution in [1.82, 2.24) is 19.9 Å². The van der Waals surface area contributed by atoms with Gasteiger partial charge in [0.25, 0.3) is 0 Å². The number of pyridine rings is 2. The number of nitrogens with two attached hydrogens (primary N) is 1. The van der Waals surface area contributed by atoms with Gasteiger partial charge in [-0.25, -0.2) is 15.0 Å². The van der Waals surface area contributed by atoms with E-state index in [4.69, 9.17) is 5.73 Å². The van der Waals surface area contributed by atoms with Crippen LogP contribution in [-0.2, 0) is 0 Å². The molecule has 0 aliphatic carbocycles. The van der Waals surface area contributed by atoms with E-state index in [0.29, 0.717) is 16.7 Å². The zero-order valence-electron chi connectivity index (χ0n) is 12.6. The molecule has 116 valence electrons. The Balaban J connectivity index is 1.97. The second-order valence-electron chi connectivity index (χ2n) is 5.30. The molecule has 0 bridgehead atoms. The second kappa shape index (κ2) is 5.58. The smallest absolute Gasteiger partial charge is 0.247 e. The van der Waals surface area contributed by atoms with Crippen molar-refractivity contribution >= 4 is 17.0 Å². The third-order valence-corrected chi connectivity index (χ3v) is 3.69. The van der Waals surface area contributed by atoms with Crippen LogP contribution in [-0.4, -0.2) is 19.9 Å². The number of fused-ring (bicyclic) bond motifs is 1. The van der Waals surface area contributed by atoms with Gasteiger partial charge in [-0.05, 0) is 18.2 Å². The van der Waals surface area contributed by atoms with Gasteiger partial charge in [0.2, 0.25) is 11.5 Å². The van der Waals surface area contributed by atoms with E-state index in [1.165, 1.54) is 6.07 Å². The van der Waals surface area contributed by atoms with E-state index in [9.17, 15) is 4.79 Å². The Labute approximate surface area is 137 Å². The van der Waals surface area contributed by atoms with E-state index in [-0.39, 0.29) is 11.5 Å². The fourth-order valence-electron chi connectivity index (χ4n) is 2.56. The first-order valence-corrected chi connectivity index (χ1v) is 7.39. The normalized spacial score (nSPS) is 10.8. The van der Waals surface area contributed by atoms with Crippen molar-refractivity contribution < 1.29 is 0 Å². The Kier molecular flexibility index (Phi) is 3.28. The molecule has 0 fully saturated rings. The molecular weight excluding hydrogens is 302 g/mol. The number of nitrogens with zero attached hydrogens (tertiary/aromatic N) is 3. The Hall–Kier alpha value is -3.54. The molecule has 0 aliphatic rings. The highest BCUT2D eigenvalue weighted by Crippen LogP contribution is 2.27. The number of anilines is 1. The zero-order valence-corrected chi connectivity index (χ0v) is 12.6. The first-order chi connectivity index (χ1) is 11.7. The lowest BCUT2D eigenvalue weighted by Crippen LogP contribution is -2.02. The maximum Gasteiger partial charge on any atom is 0.247 e. The highest BCUT2D eigenvalue weighted by Gasteiger charge is 2.11. The highest BCUT2D eigenvalue weighted by molar-refractivity contribution is 5.91. The molecule has 6 heteroatoms. The molecule has 0 amide bonds. The summed E-state index contributed by atoms with van der Waals surface area (Å²) in [6.07, 6.45) is 1.64. The predicted octanol–water partition coefficient (Wildman–Crippen LogP) is 2.63.